The van der Waals surface area contributed by atoms with Crippen LogP contribution in [-0.2, 0) is 14.3 Å². The second-order valence-corrected chi connectivity index (χ2v) is 6.49. The lowest BCUT2D eigenvalue weighted by atomic mass is 10.0. The molecule has 0 saturated carbocycles. The summed E-state index contributed by atoms with van der Waals surface area (Å²) in [5.74, 6) is 0.0516. The van der Waals surface area contributed by atoms with Crippen molar-refractivity contribution in [3.05, 3.63) is 90.0 Å². The fraction of sp³-hybridized carbons (Fsp3) is 0.120. The number of methoxy groups -OCH3 is 2. The Morgan fingerprint density at radius 2 is 1.42 bits per heavy atom. The highest BCUT2D eigenvalue weighted by molar-refractivity contribution is 6.22. The van der Waals surface area contributed by atoms with Crippen LogP contribution in [0.2, 0.25) is 0 Å². The van der Waals surface area contributed by atoms with Gasteiger partial charge in [0.1, 0.15) is 11.5 Å². The van der Waals surface area contributed by atoms with E-state index in [-0.39, 0.29) is 0 Å². The zero-order chi connectivity index (χ0) is 22.1. The summed E-state index contributed by atoms with van der Waals surface area (Å²) in [6.45, 7) is -0.438. The van der Waals surface area contributed by atoms with Crippen LogP contribution in [-0.4, -0.2) is 32.7 Å². The standard InChI is InChI=1S/C25H23NO5/c1-29-22-14-8-6-12-19(22)16-20(18-10-4-3-5-11-18)25(28)31-17-24(27)26-21-13-7-9-15-23(21)30-2/h3-16H,17H2,1-2H3,(H,26,27)/b20-16-. The van der Waals surface area contributed by atoms with Crippen LogP contribution in [0.25, 0.3) is 11.6 Å². The van der Waals surface area contributed by atoms with E-state index in [4.69, 9.17) is 14.2 Å². The van der Waals surface area contributed by atoms with Gasteiger partial charge >= 0.3 is 5.97 Å². The molecule has 0 bridgehead atoms. The summed E-state index contributed by atoms with van der Waals surface area (Å²) in [4.78, 5) is 25.2. The van der Waals surface area contributed by atoms with Gasteiger partial charge in [-0.05, 0) is 29.8 Å². The number of hydrogen-bond acceptors (Lipinski definition) is 5. The summed E-state index contributed by atoms with van der Waals surface area (Å²) in [5, 5.41) is 2.68. The SMILES string of the molecule is COc1ccccc1/C=C(\C(=O)OCC(=O)Nc1ccccc1OC)c1ccccc1. The van der Waals surface area contributed by atoms with Crippen LogP contribution in [0.4, 0.5) is 5.69 Å². The first kappa shape index (κ1) is 21.6. The lowest BCUT2D eigenvalue weighted by molar-refractivity contribution is -0.141. The predicted molar refractivity (Wildman–Crippen MR) is 120 cm³/mol. The molecule has 0 unspecified atom stereocenters. The van der Waals surface area contributed by atoms with E-state index in [0.29, 0.717) is 28.3 Å². The monoisotopic (exact) mass is 417 g/mol. The number of carbonyl (C=O) groups is 2. The lowest BCUT2D eigenvalue weighted by Crippen LogP contribution is -2.21. The van der Waals surface area contributed by atoms with Gasteiger partial charge in [-0.25, -0.2) is 4.79 Å². The third-order valence-corrected chi connectivity index (χ3v) is 4.46. The first-order chi connectivity index (χ1) is 15.1. The Balaban J connectivity index is 1.78. The number of amides is 1. The summed E-state index contributed by atoms with van der Waals surface area (Å²) in [5.41, 5.74) is 2.21. The van der Waals surface area contributed by atoms with Gasteiger partial charge in [0.05, 0.1) is 25.5 Å². The average Bonchev–Trinajstić information content (AvgIpc) is 2.82. The predicted octanol–water partition coefficient (Wildman–Crippen LogP) is 4.43. The van der Waals surface area contributed by atoms with Crippen LogP contribution >= 0.6 is 0 Å². The van der Waals surface area contributed by atoms with Gasteiger partial charge in [-0.1, -0.05) is 60.7 Å². The zero-order valence-electron chi connectivity index (χ0n) is 17.3. The van der Waals surface area contributed by atoms with Gasteiger partial charge in [-0.15, -0.1) is 0 Å². The van der Waals surface area contributed by atoms with E-state index in [1.165, 1.54) is 7.11 Å². The summed E-state index contributed by atoms with van der Waals surface area (Å²) in [7, 11) is 3.08. The zero-order valence-corrected chi connectivity index (χ0v) is 17.3. The quantitative estimate of drug-likeness (QED) is 0.334. The number of ether oxygens (including phenoxy) is 3. The van der Waals surface area contributed by atoms with Crippen LogP contribution in [0.15, 0.2) is 78.9 Å². The van der Waals surface area contributed by atoms with E-state index in [2.05, 4.69) is 5.32 Å². The number of nitrogens with one attached hydrogen (secondary N) is 1. The fourth-order valence-electron chi connectivity index (χ4n) is 2.96. The Labute approximate surface area is 181 Å². The normalized spacial score (nSPS) is 10.8. The molecule has 3 rings (SSSR count). The second kappa shape index (κ2) is 10.6. The van der Waals surface area contributed by atoms with Crippen LogP contribution in [0.1, 0.15) is 11.1 Å². The number of anilines is 1. The van der Waals surface area contributed by atoms with Crippen LogP contribution in [0.5, 0.6) is 11.5 Å². The molecule has 6 heteroatoms. The van der Waals surface area contributed by atoms with Crippen molar-refractivity contribution in [3.63, 3.8) is 0 Å². The van der Waals surface area contributed by atoms with E-state index >= 15 is 0 Å². The molecule has 0 aliphatic heterocycles. The third-order valence-electron chi connectivity index (χ3n) is 4.46. The molecule has 1 N–H and O–H groups in total. The number of rotatable bonds is 8. The molecular weight excluding hydrogens is 394 g/mol. The molecule has 31 heavy (non-hydrogen) atoms. The van der Waals surface area contributed by atoms with Crippen molar-refractivity contribution in [1.82, 2.24) is 0 Å². The molecule has 0 heterocycles. The van der Waals surface area contributed by atoms with Crippen LogP contribution in [0.3, 0.4) is 0 Å². The number of esters is 1. The maximum Gasteiger partial charge on any atom is 0.339 e. The van der Waals surface area contributed by atoms with Crippen molar-refractivity contribution in [2.24, 2.45) is 0 Å². The molecule has 6 nitrogen and oxygen atoms in total. The Morgan fingerprint density at radius 3 is 2.13 bits per heavy atom. The molecule has 0 radical (unpaired) electrons. The maximum atomic E-state index is 12.9. The number of carbonyl (C=O) groups excluding carboxylic acids is 2. The molecule has 0 fully saturated rings. The molecule has 0 atom stereocenters. The largest absolute Gasteiger partial charge is 0.496 e. The maximum absolute atomic E-state index is 12.9. The van der Waals surface area contributed by atoms with Crippen molar-refractivity contribution in [2.75, 3.05) is 26.1 Å². The molecule has 3 aromatic rings. The van der Waals surface area contributed by atoms with Crippen LogP contribution in [0, 0.1) is 0 Å². The van der Waals surface area contributed by atoms with Crippen LogP contribution < -0.4 is 14.8 Å². The van der Waals surface area contributed by atoms with Gasteiger partial charge in [-0.2, -0.15) is 0 Å². The van der Waals surface area contributed by atoms with Crippen molar-refractivity contribution in [3.8, 4) is 11.5 Å². The van der Waals surface area contributed by atoms with E-state index in [0.717, 1.165) is 5.56 Å². The van der Waals surface area contributed by atoms with Gasteiger partial charge < -0.3 is 19.5 Å². The van der Waals surface area contributed by atoms with Crippen molar-refractivity contribution in [2.45, 2.75) is 0 Å². The first-order valence-electron chi connectivity index (χ1n) is 9.62. The highest BCUT2D eigenvalue weighted by Crippen LogP contribution is 2.26. The average molecular weight is 417 g/mol. The van der Waals surface area contributed by atoms with E-state index < -0.39 is 18.5 Å². The molecule has 1 amide bonds. The fourth-order valence-corrected chi connectivity index (χ4v) is 2.96. The van der Waals surface area contributed by atoms with Gasteiger partial charge in [0, 0.05) is 5.56 Å². The Hall–Kier alpha value is -4.06. The van der Waals surface area contributed by atoms with Crippen molar-refractivity contribution in [1.29, 1.82) is 0 Å². The van der Waals surface area contributed by atoms with Gasteiger partial charge in [0.25, 0.3) is 5.91 Å². The summed E-state index contributed by atoms with van der Waals surface area (Å²) >= 11 is 0. The summed E-state index contributed by atoms with van der Waals surface area (Å²) in [6, 6.07) is 23.5. The highest BCUT2D eigenvalue weighted by Gasteiger charge is 2.17. The highest BCUT2D eigenvalue weighted by atomic mass is 16.5. The minimum Gasteiger partial charge on any atom is -0.496 e. The third kappa shape index (κ3) is 5.73. The van der Waals surface area contributed by atoms with Gasteiger partial charge in [0.2, 0.25) is 0 Å². The van der Waals surface area contributed by atoms with Gasteiger partial charge in [0.15, 0.2) is 6.61 Å². The molecule has 0 aliphatic carbocycles. The minimum absolute atomic E-state index is 0.315. The van der Waals surface area contributed by atoms with E-state index in [9.17, 15) is 9.59 Å². The molecule has 0 aliphatic rings. The Bertz CT molecular complexity index is 1080. The lowest BCUT2D eigenvalue weighted by Gasteiger charge is -2.12. The minimum atomic E-state index is -0.618. The Morgan fingerprint density at radius 1 is 0.806 bits per heavy atom. The van der Waals surface area contributed by atoms with E-state index in [1.807, 2.05) is 36.4 Å². The molecule has 0 aromatic heterocycles. The smallest absolute Gasteiger partial charge is 0.339 e. The number of hydrogen-bond donors (Lipinski definition) is 1. The molecule has 158 valence electrons. The molecule has 0 spiro atoms. The second-order valence-electron chi connectivity index (χ2n) is 6.49. The number of para-hydroxylation sites is 3. The number of benzene rings is 3. The molecule has 3 aromatic carbocycles. The van der Waals surface area contributed by atoms with Crippen molar-refractivity contribution >= 4 is 29.2 Å². The summed E-state index contributed by atoms with van der Waals surface area (Å²) < 4.78 is 15.9. The van der Waals surface area contributed by atoms with Crippen molar-refractivity contribution < 1.29 is 23.8 Å². The van der Waals surface area contributed by atoms with E-state index in [1.54, 1.807) is 55.7 Å². The molecular formula is C25H23NO5. The topological polar surface area (TPSA) is 73.9 Å². The first-order valence-corrected chi connectivity index (χ1v) is 9.62. The summed E-state index contributed by atoms with van der Waals surface area (Å²) in [6.07, 6.45) is 1.69. The van der Waals surface area contributed by atoms with Gasteiger partial charge in [-0.3, -0.25) is 4.79 Å². The Kier molecular flexibility index (Phi) is 7.43. The molecule has 0 saturated heterocycles.